The Morgan fingerprint density at radius 2 is 1.85 bits per heavy atom. The molecule has 1 aromatic heterocycles. The molecular weight excluding hydrogens is 264 g/mol. The monoisotopic (exact) mass is 282 g/mol. The average molecular weight is 282 g/mol. The summed E-state index contributed by atoms with van der Waals surface area (Å²) >= 11 is 1.69. The molecule has 0 bridgehead atoms. The number of rotatable bonds is 3. The molecule has 0 amide bonds. The summed E-state index contributed by atoms with van der Waals surface area (Å²) in [7, 11) is 0. The predicted molar refractivity (Wildman–Crippen MR) is 87.1 cm³/mol. The van der Waals surface area contributed by atoms with Crippen LogP contribution in [0, 0.1) is 0 Å². The van der Waals surface area contributed by atoms with Crippen molar-refractivity contribution in [3.05, 3.63) is 52.9 Å². The van der Waals surface area contributed by atoms with Gasteiger partial charge in [-0.25, -0.2) is 4.98 Å². The van der Waals surface area contributed by atoms with Crippen LogP contribution in [0.4, 0.5) is 0 Å². The van der Waals surface area contributed by atoms with Crippen LogP contribution in [0.3, 0.4) is 0 Å². The molecular formula is C17H18N2S. The number of hydrogen-bond donors (Lipinski definition) is 1. The fourth-order valence-electron chi connectivity index (χ4n) is 2.15. The molecule has 0 atom stereocenters. The molecule has 0 fully saturated rings. The average Bonchev–Trinajstić information content (AvgIpc) is 2.97. The number of nitrogens with two attached hydrogens (primary N) is 1. The lowest BCUT2D eigenvalue weighted by Gasteiger charge is -2.18. The smallest absolute Gasteiger partial charge is 0.100 e. The number of benzene rings is 2. The lowest BCUT2D eigenvalue weighted by molar-refractivity contribution is 0.536. The maximum atomic E-state index is 5.83. The Bertz CT molecular complexity index is 743. The second-order valence-corrected chi connectivity index (χ2v) is 6.55. The first kappa shape index (κ1) is 13.3. The lowest BCUT2D eigenvalue weighted by Crippen LogP contribution is -2.27. The van der Waals surface area contributed by atoms with Gasteiger partial charge in [0, 0.05) is 22.9 Å². The molecule has 3 rings (SSSR count). The van der Waals surface area contributed by atoms with E-state index in [1.54, 1.807) is 11.3 Å². The molecule has 0 saturated heterocycles. The molecule has 1 heterocycles. The van der Waals surface area contributed by atoms with Gasteiger partial charge in [-0.2, -0.15) is 0 Å². The van der Waals surface area contributed by atoms with Crippen molar-refractivity contribution in [2.24, 2.45) is 5.73 Å². The Balaban J connectivity index is 2.03. The van der Waals surface area contributed by atoms with E-state index in [0.717, 1.165) is 10.7 Å². The minimum absolute atomic E-state index is 0.0558. The van der Waals surface area contributed by atoms with Crippen molar-refractivity contribution in [3.8, 4) is 11.3 Å². The lowest BCUT2D eigenvalue weighted by atomic mass is 9.95. The molecule has 2 N–H and O–H groups in total. The summed E-state index contributed by atoms with van der Waals surface area (Å²) in [4.78, 5) is 4.77. The fourth-order valence-corrected chi connectivity index (χ4v) is 3.12. The molecule has 0 spiro atoms. The molecule has 2 aromatic carbocycles. The van der Waals surface area contributed by atoms with Crippen molar-refractivity contribution < 1.29 is 0 Å². The van der Waals surface area contributed by atoms with Gasteiger partial charge in [0.15, 0.2) is 0 Å². The van der Waals surface area contributed by atoms with E-state index in [4.69, 9.17) is 10.7 Å². The summed E-state index contributed by atoms with van der Waals surface area (Å²) in [5.74, 6) is 0. The van der Waals surface area contributed by atoms with E-state index in [0.29, 0.717) is 6.54 Å². The van der Waals surface area contributed by atoms with Gasteiger partial charge in [0.25, 0.3) is 0 Å². The third-order valence-corrected chi connectivity index (χ3v) is 4.85. The van der Waals surface area contributed by atoms with E-state index in [2.05, 4.69) is 61.7 Å². The summed E-state index contributed by atoms with van der Waals surface area (Å²) in [5.41, 5.74) is 7.98. The van der Waals surface area contributed by atoms with Gasteiger partial charge >= 0.3 is 0 Å². The number of aromatic nitrogens is 1. The quantitative estimate of drug-likeness (QED) is 0.782. The minimum Gasteiger partial charge on any atom is -0.330 e. The van der Waals surface area contributed by atoms with Crippen molar-refractivity contribution in [2.75, 3.05) is 6.54 Å². The first-order chi connectivity index (χ1) is 9.60. The van der Waals surface area contributed by atoms with Crippen LogP contribution >= 0.6 is 11.3 Å². The second-order valence-electron chi connectivity index (χ2n) is 5.69. The number of thiazole rings is 1. The number of hydrogen-bond acceptors (Lipinski definition) is 3. The van der Waals surface area contributed by atoms with Crippen molar-refractivity contribution in [3.63, 3.8) is 0 Å². The van der Waals surface area contributed by atoms with Crippen LogP contribution in [0.5, 0.6) is 0 Å². The Hall–Kier alpha value is -1.71. The molecule has 3 heteroatoms. The van der Waals surface area contributed by atoms with Gasteiger partial charge in [-0.1, -0.05) is 50.2 Å². The third kappa shape index (κ3) is 2.35. The normalized spacial score (nSPS) is 11.9. The standard InChI is InChI=1S/C17H18N2S/c1-17(2,11-18)16-19-15(10-20-16)14-8-7-12-5-3-4-6-13(12)9-14/h3-10H,11,18H2,1-2H3. The molecule has 0 radical (unpaired) electrons. The molecule has 102 valence electrons. The largest absolute Gasteiger partial charge is 0.330 e. The highest BCUT2D eigenvalue weighted by Crippen LogP contribution is 2.30. The summed E-state index contributed by atoms with van der Waals surface area (Å²) in [6.07, 6.45) is 0. The van der Waals surface area contributed by atoms with E-state index >= 15 is 0 Å². The van der Waals surface area contributed by atoms with Gasteiger partial charge in [0.2, 0.25) is 0 Å². The molecule has 3 aromatic rings. The van der Waals surface area contributed by atoms with Crippen molar-refractivity contribution >= 4 is 22.1 Å². The predicted octanol–water partition coefficient (Wildman–Crippen LogP) is 4.20. The summed E-state index contributed by atoms with van der Waals surface area (Å²) in [5, 5.41) is 5.73. The Morgan fingerprint density at radius 3 is 2.60 bits per heavy atom. The van der Waals surface area contributed by atoms with Crippen LogP contribution in [0.25, 0.3) is 22.0 Å². The van der Waals surface area contributed by atoms with E-state index in [-0.39, 0.29) is 5.41 Å². The van der Waals surface area contributed by atoms with E-state index in [9.17, 15) is 0 Å². The van der Waals surface area contributed by atoms with Crippen molar-refractivity contribution in [2.45, 2.75) is 19.3 Å². The summed E-state index contributed by atoms with van der Waals surface area (Å²) < 4.78 is 0. The van der Waals surface area contributed by atoms with Crippen LogP contribution in [0.2, 0.25) is 0 Å². The zero-order valence-corrected chi connectivity index (χ0v) is 12.6. The first-order valence-corrected chi connectivity index (χ1v) is 7.63. The Kier molecular flexibility index (Phi) is 3.32. The van der Waals surface area contributed by atoms with Crippen LogP contribution in [-0.2, 0) is 5.41 Å². The highest BCUT2D eigenvalue weighted by Gasteiger charge is 2.22. The minimum atomic E-state index is -0.0558. The first-order valence-electron chi connectivity index (χ1n) is 6.75. The van der Waals surface area contributed by atoms with Crippen LogP contribution in [0.15, 0.2) is 47.8 Å². The van der Waals surface area contributed by atoms with Gasteiger partial charge in [-0.3, -0.25) is 0 Å². The second kappa shape index (κ2) is 5.00. The van der Waals surface area contributed by atoms with Gasteiger partial charge in [-0.15, -0.1) is 11.3 Å². The fraction of sp³-hybridized carbons (Fsp3) is 0.235. The van der Waals surface area contributed by atoms with Gasteiger partial charge in [-0.05, 0) is 16.8 Å². The Morgan fingerprint density at radius 1 is 1.10 bits per heavy atom. The summed E-state index contributed by atoms with van der Waals surface area (Å²) in [6, 6.07) is 14.9. The van der Waals surface area contributed by atoms with Gasteiger partial charge in [0.1, 0.15) is 5.01 Å². The molecule has 20 heavy (non-hydrogen) atoms. The van der Waals surface area contributed by atoms with Gasteiger partial charge in [0.05, 0.1) is 5.69 Å². The third-order valence-electron chi connectivity index (χ3n) is 3.64. The van der Waals surface area contributed by atoms with Crippen molar-refractivity contribution in [1.82, 2.24) is 4.98 Å². The molecule has 0 saturated carbocycles. The van der Waals surface area contributed by atoms with Gasteiger partial charge < -0.3 is 5.73 Å². The summed E-state index contributed by atoms with van der Waals surface area (Å²) in [6.45, 7) is 4.88. The van der Waals surface area contributed by atoms with Crippen LogP contribution < -0.4 is 5.73 Å². The zero-order valence-electron chi connectivity index (χ0n) is 11.8. The van der Waals surface area contributed by atoms with Crippen LogP contribution in [-0.4, -0.2) is 11.5 Å². The molecule has 2 nitrogen and oxygen atoms in total. The van der Waals surface area contributed by atoms with Crippen molar-refractivity contribution in [1.29, 1.82) is 0 Å². The Labute approximate surface area is 123 Å². The van der Waals surface area contributed by atoms with E-state index < -0.39 is 0 Å². The number of fused-ring (bicyclic) bond motifs is 1. The number of nitrogens with zero attached hydrogens (tertiary/aromatic N) is 1. The van der Waals surface area contributed by atoms with E-state index in [1.807, 2.05) is 0 Å². The maximum absolute atomic E-state index is 5.83. The zero-order chi connectivity index (χ0) is 14.2. The SMILES string of the molecule is CC(C)(CN)c1nc(-c2ccc3ccccc3c2)cs1. The highest BCUT2D eigenvalue weighted by atomic mass is 32.1. The molecule has 0 aliphatic heterocycles. The highest BCUT2D eigenvalue weighted by molar-refractivity contribution is 7.10. The van der Waals surface area contributed by atoms with E-state index in [1.165, 1.54) is 16.3 Å². The topological polar surface area (TPSA) is 38.9 Å². The molecule has 0 aliphatic carbocycles. The van der Waals surface area contributed by atoms with Crippen LogP contribution in [0.1, 0.15) is 18.9 Å². The maximum Gasteiger partial charge on any atom is 0.100 e. The molecule has 0 aliphatic rings. The molecule has 0 unspecified atom stereocenters.